The molecule has 0 spiro atoms. The maximum absolute atomic E-state index is 12.8. The molecule has 0 aliphatic carbocycles. The zero-order valence-corrected chi connectivity index (χ0v) is 17.5. The molecule has 1 saturated heterocycles. The summed E-state index contributed by atoms with van der Waals surface area (Å²) in [6.07, 6.45) is 3.60. The Morgan fingerprint density at radius 2 is 1.60 bits per heavy atom. The molecular formula is C22H24N2O5S. The molecule has 0 aromatic heterocycles. The minimum atomic E-state index is -3.67. The summed E-state index contributed by atoms with van der Waals surface area (Å²) in [6.45, 7) is 2.83. The Labute approximate surface area is 176 Å². The first kappa shape index (κ1) is 21.7. The number of carbonyl (C=O) groups excluding carboxylic acids is 2. The smallest absolute Gasteiger partial charge is 0.338 e. The van der Waals surface area contributed by atoms with Crippen molar-refractivity contribution in [2.45, 2.75) is 11.8 Å². The molecule has 1 fully saturated rings. The van der Waals surface area contributed by atoms with E-state index in [1.807, 2.05) is 36.4 Å². The molecule has 3 rings (SSSR count). The van der Waals surface area contributed by atoms with Gasteiger partial charge in [0.15, 0.2) is 0 Å². The third-order valence-electron chi connectivity index (χ3n) is 4.83. The minimum Gasteiger partial charge on any atom is -0.458 e. The quantitative estimate of drug-likeness (QED) is 0.660. The first-order valence-corrected chi connectivity index (χ1v) is 11.1. The highest BCUT2D eigenvalue weighted by Crippen LogP contribution is 2.19. The SMILES string of the molecule is CC(=O)N1CCN(S(=O)(=O)c2ccc(C(=O)OCC=Cc3ccccc3)cc2)CC1. The van der Waals surface area contributed by atoms with Gasteiger partial charge in [-0.05, 0) is 35.9 Å². The van der Waals surface area contributed by atoms with Crippen LogP contribution in [0.4, 0.5) is 0 Å². The summed E-state index contributed by atoms with van der Waals surface area (Å²) in [6, 6.07) is 15.4. The Morgan fingerprint density at radius 1 is 0.967 bits per heavy atom. The number of piperazine rings is 1. The maximum atomic E-state index is 12.8. The van der Waals surface area contributed by atoms with Crippen LogP contribution in [0, 0.1) is 0 Å². The van der Waals surface area contributed by atoms with Gasteiger partial charge in [0, 0.05) is 33.1 Å². The zero-order valence-electron chi connectivity index (χ0n) is 16.7. The lowest BCUT2D eigenvalue weighted by molar-refractivity contribution is -0.129. The molecule has 0 unspecified atom stereocenters. The number of nitrogens with zero attached hydrogens (tertiary/aromatic N) is 2. The number of hydrogen-bond acceptors (Lipinski definition) is 5. The molecule has 1 aliphatic heterocycles. The van der Waals surface area contributed by atoms with Gasteiger partial charge in [-0.15, -0.1) is 0 Å². The van der Waals surface area contributed by atoms with Crippen LogP contribution in [0.1, 0.15) is 22.8 Å². The fraction of sp³-hybridized carbons (Fsp3) is 0.273. The number of sulfonamides is 1. The first-order chi connectivity index (χ1) is 14.4. The van der Waals surface area contributed by atoms with Crippen LogP contribution in [0.25, 0.3) is 6.08 Å². The summed E-state index contributed by atoms with van der Waals surface area (Å²) in [7, 11) is -3.67. The molecule has 7 nitrogen and oxygen atoms in total. The highest BCUT2D eigenvalue weighted by Gasteiger charge is 2.29. The molecule has 0 radical (unpaired) electrons. The fourth-order valence-corrected chi connectivity index (χ4v) is 4.53. The molecule has 1 aliphatic rings. The Bertz CT molecular complexity index is 1010. The lowest BCUT2D eigenvalue weighted by atomic mass is 10.2. The Hall–Kier alpha value is -2.97. The highest BCUT2D eigenvalue weighted by atomic mass is 32.2. The summed E-state index contributed by atoms with van der Waals surface area (Å²) in [5.74, 6) is -0.583. The molecule has 30 heavy (non-hydrogen) atoms. The van der Waals surface area contributed by atoms with Crippen molar-refractivity contribution in [1.82, 2.24) is 9.21 Å². The van der Waals surface area contributed by atoms with Crippen LogP contribution in [-0.4, -0.2) is 62.3 Å². The van der Waals surface area contributed by atoms with E-state index < -0.39 is 16.0 Å². The van der Waals surface area contributed by atoms with Crippen molar-refractivity contribution < 1.29 is 22.7 Å². The highest BCUT2D eigenvalue weighted by molar-refractivity contribution is 7.89. The van der Waals surface area contributed by atoms with Gasteiger partial charge in [0.1, 0.15) is 6.61 Å². The van der Waals surface area contributed by atoms with E-state index in [-0.39, 0.29) is 36.1 Å². The molecular weight excluding hydrogens is 404 g/mol. The van der Waals surface area contributed by atoms with Gasteiger partial charge in [-0.3, -0.25) is 4.79 Å². The summed E-state index contributed by atoms with van der Waals surface area (Å²) in [5, 5.41) is 0. The number of esters is 1. The van der Waals surface area contributed by atoms with E-state index >= 15 is 0 Å². The third-order valence-corrected chi connectivity index (χ3v) is 6.75. The van der Waals surface area contributed by atoms with Gasteiger partial charge in [0.25, 0.3) is 0 Å². The van der Waals surface area contributed by atoms with Crippen LogP contribution in [0.5, 0.6) is 0 Å². The van der Waals surface area contributed by atoms with Crippen molar-refractivity contribution in [2.75, 3.05) is 32.8 Å². The van der Waals surface area contributed by atoms with Gasteiger partial charge in [-0.1, -0.05) is 36.4 Å². The Balaban J connectivity index is 1.56. The third kappa shape index (κ3) is 5.34. The minimum absolute atomic E-state index is 0.0615. The molecule has 8 heteroatoms. The molecule has 2 aromatic rings. The molecule has 158 valence electrons. The molecule has 0 bridgehead atoms. The number of rotatable bonds is 6. The van der Waals surface area contributed by atoms with Crippen LogP contribution in [0.15, 0.2) is 65.6 Å². The van der Waals surface area contributed by atoms with E-state index in [1.54, 1.807) is 11.0 Å². The molecule has 2 aromatic carbocycles. The lowest BCUT2D eigenvalue weighted by Crippen LogP contribution is -2.49. The predicted molar refractivity (Wildman–Crippen MR) is 113 cm³/mol. The van der Waals surface area contributed by atoms with Crippen LogP contribution < -0.4 is 0 Å². The average Bonchev–Trinajstić information content (AvgIpc) is 2.77. The van der Waals surface area contributed by atoms with E-state index in [9.17, 15) is 18.0 Å². The van der Waals surface area contributed by atoms with Gasteiger partial charge in [-0.25, -0.2) is 13.2 Å². The number of carbonyl (C=O) groups is 2. The molecule has 1 amide bonds. The summed E-state index contributed by atoms with van der Waals surface area (Å²) < 4.78 is 32.1. The van der Waals surface area contributed by atoms with Gasteiger partial charge >= 0.3 is 5.97 Å². The van der Waals surface area contributed by atoms with Gasteiger partial charge in [0.05, 0.1) is 10.5 Å². The van der Waals surface area contributed by atoms with E-state index in [4.69, 9.17) is 4.74 Å². The van der Waals surface area contributed by atoms with Crippen molar-refractivity contribution >= 4 is 28.0 Å². The Kier molecular flexibility index (Phi) is 7.02. The van der Waals surface area contributed by atoms with Crippen molar-refractivity contribution in [1.29, 1.82) is 0 Å². The van der Waals surface area contributed by atoms with Gasteiger partial charge in [0.2, 0.25) is 15.9 Å². The summed E-state index contributed by atoms with van der Waals surface area (Å²) in [4.78, 5) is 25.3. The van der Waals surface area contributed by atoms with E-state index in [2.05, 4.69) is 0 Å². The van der Waals surface area contributed by atoms with Crippen LogP contribution in [-0.2, 0) is 19.6 Å². The average molecular weight is 429 g/mol. The second-order valence-corrected chi connectivity index (χ2v) is 8.78. The normalized spacial score (nSPS) is 15.3. The second kappa shape index (κ2) is 9.69. The molecule has 0 N–H and O–H groups in total. The van der Waals surface area contributed by atoms with Crippen LogP contribution in [0.2, 0.25) is 0 Å². The fourth-order valence-electron chi connectivity index (χ4n) is 3.11. The van der Waals surface area contributed by atoms with Gasteiger partial charge in [-0.2, -0.15) is 4.31 Å². The monoisotopic (exact) mass is 428 g/mol. The van der Waals surface area contributed by atoms with Gasteiger partial charge < -0.3 is 9.64 Å². The summed E-state index contributed by atoms with van der Waals surface area (Å²) >= 11 is 0. The summed E-state index contributed by atoms with van der Waals surface area (Å²) in [5.41, 5.74) is 1.29. The molecule has 1 heterocycles. The van der Waals surface area contributed by atoms with Crippen LogP contribution in [0.3, 0.4) is 0 Å². The standard InChI is InChI=1S/C22H24N2O5S/c1-18(25)23-13-15-24(16-14-23)30(27,28)21-11-9-20(10-12-21)22(26)29-17-5-8-19-6-3-2-4-7-19/h2-12H,13-17H2,1H3. The number of amides is 1. The van der Waals surface area contributed by atoms with Crippen molar-refractivity contribution in [2.24, 2.45) is 0 Å². The number of benzene rings is 2. The van der Waals surface area contributed by atoms with Crippen molar-refractivity contribution in [3.05, 3.63) is 71.8 Å². The number of hydrogen-bond donors (Lipinski definition) is 0. The molecule has 0 atom stereocenters. The van der Waals surface area contributed by atoms with E-state index in [0.29, 0.717) is 13.1 Å². The van der Waals surface area contributed by atoms with E-state index in [0.717, 1.165) is 5.56 Å². The number of ether oxygens (including phenoxy) is 1. The predicted octanol–water partition coefficient (Wildman–Crippen LogP) is 2.41. The largest absolute Gasteiger partial charge is 0.458 e. The Morgan fingerprint density at radius 3 is 2.20 bits per heavy atom. The molecule has 0 saturated carbocycles. The van der Waals surface area contributed by atoms with Crippen molar-refractivity contribution in [3.63, 3.8) is 0 Å². The van der Waals surface area contributed by atoms with Crippen molar-refractivity contribution in [3.8, 4) is 0 Å². The van der Waals surface area contributed by atoms with E-state index in [1.165, 1.54) is 35.5 Å². The maximum Gasteiger partial charge on any atom is 0.338 e. The zero-order chi connectivity index (χ0) is 21.6. The first-order valence-electron chi connectivity index (χ1n) is 9.62. The second-order valence-electron chi connectivity index (χ2n) is 6.85. The van der Waals surface area contributed by atoms with Crippen LogP contribution >= 0.6 is 0 Å². The lowest BCUT2D eigenvalue weighted by Gasteiger charge is -2.33. The topological polar surface area (TPSA) is 84.0 Å².